The molecule has 0 fully saturated rings. The number of aryl methyl sites for hydroxylation is 1. The Balaban J connectivity index is 1.94. The van der Waals surface area contributed by atoms with Gasteiger partial charge in [0.2, 0.25) is 0 Å². The molecule has 0 bridgehead atoms. The summed E-state index contributed by atoms with van der Waals surface area (Å²) >= 11 is 0. The second kappa shape index (κ2) is 6.92. The molecule has 1 heterocycles. The van der Waals surface area contributed by atoms with Crippen LogP contribution in [-0.4, -0.2) is 26.3 Å². The van der Waals surface area contributed by atoms with Gasteiger partial charge in [-0.1, -0.05) is 26.0 Å². The molecule has 0 aliphatic carbocycles. The topological polar surface area (TPSA) is 38.5 Å². The summed E-state index contributed by atoms with van der Waals surface area (Å²) in [6.45, 7) is 8.80. The Bertz CT molecular complexity index is 404. The molecule has 2 rings (SSSR count). The summed E-state index contributed by atoms with van der Waals surface area (Å²) in [6, 6.07) is 6.63. The van der Waals surface area contributed by atoms with E-state index in [1.165, 1.54) is 29.7 Å². The third kappa shape index (κ3) is 3.95. The van der Waals surface area contributed by atoms with Crippen LogP contribution in [0.3, 0.4) is 0 Å². The van der Waals surface area contributed by atoms with E-state index in [0.717, 1.165) is 26.3 Å². The van der Waals surface area contributed by atoms with Crippen LogP contribution in [0, 0.1) is 5.92 Å². The molecule has 0 spiro atoms. The van der Waals surface area contributed by atoms with E-state index in [9.17, 15) is 0 Å². The number of nitrogens with zero attached hydrogens (tertiary/aromatic N) is 1. The van der Waals surface area contributed by atoms with E-state index in [4.69, 9.17) is 10.5 Å². The first kappa shape index (κ1) is 14.4. The minimum absolute atomic E-state index is 0.612. The van der Waals surface area contributed by atoms with Crippen LogP contribution in [0.25, 0.3) is 0 Å². The normalized spacial score (nSPS) is 14.8. The highest BCUT2D eigenvalue weighted by Crippen LogP contribution is 2.27. The van der Waals surface area contributed by atoms with Gasteiger partial charge in [0.05, 0.1) is 6.61 Å². The van der Waals surface area contributed by atoms with Crippen molar-refractivity contribution < 1.29 is 4.74 Å². The molecule has 106 valence electrons. The molecular weight excluding hydrogens is 236 g/mol. The standard InChI is InChI=1S/C16H26N2O/c1-13(2)12-19-9-8-18-7-3-4-15-10-14(11-17)5-6-16(15)18/h5-6,10,13H,3-4,7-9,11-12,17H2,1-2H3. The largest absolute Gasteiger partial charge is 0.379 e. The first-order valence-corrected chi connectivity index (χ1v) is 7.35. The van der Waals surface area contributed by atoms with Crippen LogP contribution in [0.5, 0.6) is 0 Å². The van der Waals surface area contributed by atoms with Crippen LogP contribution in [0.4, 0.5) is 5.69 Å². The van der Waals surface area contributed by atoms with Crippen LogP contribution >= 0.6 is 0 Å². The number of hydrogen-bond donors (Lipinski definition) is 1. The van der Waals surface area contributed by atoms with Crippen LogP contribution in [0.2, 0.25) is 0 Å². The second-order valence-corrected chi connectivity index (χ2v) is 5.73. The molecule has 2 N–H and O–H groups in total. The van der Waals surface area contributed by atoms with E-state index in [0.29, 0.717) is 12.5 Å². The molecule has 1 aromatic rings. The number of rotatable bonds is 6. The second-order valence-electron chi connectivity index (χ2n) is 5.73. The molecule has 3 heteroatoms. The van der Waals surface area contributed by atoms with Gasteiger partial charge < -0.3 is 15.4 Å². The summed E-state index contributed by atoms with van der Waals surface area (Å²) in [5.74, 6) is 0.612. The highest BCUT2D eigenvalue weighted by Gasteiger charge is 2.16. The Hall–Kier alpha value is -1.06. The number of ether oxygens (including phenoxy) is 1. The maximum Gasteiger partial charge on any atom is 0.0641 e. The van der Waals surface area contributed by atoms with Crippen LogP contribution in [0.1, 0.15) is 31.4 Å². The summed E-state index contributed by atoms with van der Waals surface area (Å²) in [6.07, 6.45) is 2.40. The van der Waals surface area contributed by atoms with Gasteiger partial charge in [-0.2, -0.15) is 0 Å². The predicted octanol–water partition coefficient (Wildman–Crippen LogP) is 2.57. The van der Waals surface area contributed by atoms with Gasteiger partial charge in [0.25, 0.3) is 0 Å². The molecule has 0 unspecified atom stereocenters. The van der Waals surface area contributed by atoms with Crippen molar-refractivity contribution in [1.82, 2.24) is 0 Å². The monoisotopic (exact) mass is 262 g/mol. The van der Waals surface area contributed by atoms with Gasteiger partial charge in [0.15, 0.2) is 0 Å². The molecule has 3 nitrogen and oxygen atoms in total. The molecule has 0 amide bonds. The molecule has 1 aliphatic heterocycles. The lowest BCUT2D eigenvalue weighted by Gasteiger charge is -2.31. The van der Waals surface area contributed by atoms with E-state index < -0.39 is 0 Å². The minimum Gasteiger partial charge on any atom is -0.379 e. The van der Waals surface area contributed by atoms with Crippen molar-refractivity contribution in [2.45, 2.75) is 33.2 Å². The van der Waals surface area contributed by atoms with Crippen molar-refractivity contribution in [1.29, 1.82) is 0 Å². The van der Waals surface area contributed by atoms with E-state index in [2.05, 4.69) is 36.9 Å². The lowest BCUT2D eigenvalue weighted by molar-refractivity contribution is 0.115. The summed E-state index contributed by atoms with van der Waals surface area (Å²) in [4.78, 5) is 2.44. The number of hydrogen-bond acceptors (Lipinski definition) is 3. The number of anilines is 1. The molecule has 19 heavy (non-hydrogen) atoms. The summed E-state index contributed by atoms with van der Waals surface area (Å²) in [7, 11) is 0. The first-order valence-electron chi connectivity index (χ1n) is 7.35. The van der Waals surface area contributed by atoms with Gasteiger partial charge >= 0.3 is 0 Å². The zero-order chi connectivity index (χ0) is 13.7. The summed E-state index contributed by atoms with van der Waals surface area (Å²) in [5.41, 5.74) is 9.76. The smallest absolute Gasteiger partial charge is 0.0641 e. The number of fused-ring (bicyclic) bond motifs is 1. The van der Waals surface area contributed by atoms with Crippen molar-refractivity contribution in [2.75, 3.05) is 31.2 Å². The Morgan fingerprint density at radius 2 is 2.21 bits per heavy atom. The Morgan fingerprint density at radius 1 is 1.37 bits per heavy atom. The van der Waals surface area contributed by atoms with Gasteiger partial charge in [0.1, 0.15) is 0 Å². The van der Waals surface area contributed by atoms with Crippen LogP contribution in [-0.2, 0) is 17.7 Å². The molecule has 1 aliphatic rings. The lowest BCUT2D eigenvalue weighted by Crippen LogP contribution is -2.32. The fraction of sp³-hybridized carbons (Fsp3) is 0.625. The molecule has 1 aromatic carbocycles. The van der Waals surface area contributed by atoms with E-state index in [1.54, 1.807) is 0 Å². The molecule has 0 atom stereocenters. The molecule has 0 saturated heterocycles. The third-order valence-corrected chi connectivity index (χ3v) is 3.55. The molecular formula is C16H26N2O. The van der Waals surface area contributed by atoms with Gasteiger partial charge in [0, 0.05) is 31.9 Å². The average molecular weight is 262 g/mol. The minimum atomic E-state index is 0.612. The zero-order valence-corrected chi connectivity index (χ0v) is 12.2. The molecule has 0 radical (unpaired) electrons. The highest BCUT2D eigenvalue weighted by molar-refractivity contribution is 5.56. The summed E-state index contributed by atoms with van der Waals surface area (Å²) < 4.78 is 5.70. The van der Waals surface area contributed by atoms with E-state index >= 15 is 0 Å². The zero-order valence-electron chi connectivity index (χ0n) is 12.2. The van der Waals surface area contributed by atoms with Crippen LogP contribution in [0.15, 0.2) is 18.2 Å². The van der Waals surface area contributed by atoms with Gasteiger partial charge in [-0.25, -0.2) is 0 Å². The fourth-order valence-corrected chi connectivity index (χ4v) is 2.58. The SMILES string of the molecule is CC(C)COCCN1CCCc2cc(CN)ccc21. The van der Waals surface area contributed by atoms with E-state index in [-0.39, 0.29) is 0 Å². The van der Waals surface area contributed by atoms with Crippen molar-refractivity contribution in [3.63, 3.8) is 0 Å². The van der Waals surface area contributed by atoms with Crippen molar-refractivity contribution in [2.24, 2.45) is 11.7 Å². The Morgan fingerprint density at radius 3 is 2.95 bits per heavy atom. The van der Waals surface area contributed by atoms with Gasteiger partial charge in [-0.15, -0.1) is 0 Å². The highest BCUT2D eigenvalue weighted by atomic mass is 16.5. The Kier molecular flexibility index (Phi) is 5.23. The number of nitrogens with two attached hydrogens (primary N) is 1. The van der Waals surface area contributed by atoms with Crippen molar-refractivity contribution in [3.8, 4) is 0 Å². The molecule has 0 saturated carbocycles. The maximum absolute atomic E-state index is 5.71. The lowest BCUT2D eigenvalue weighted by atomic mass is 9.99. The van der Waals surface area contributed by atoms with Gasteiger partial charge in [-0.3, -0.25) is 0 Å². The fourth-order valence-electron chi connectivity index (χ4n) is 2.58. The molecule has 0 aromatic heterocycles. The quantitative estimate of drug-likeness (QED) is 0.801. The third-order valence-electron chi connectivity index (χ3n) is 3.55. The maximum atomic E-state index is 5.71. The Labute approximate surface area is 116 Å². The van der Waals surface area contributed by atoms with Crippen molar-refractivity contribution in [3.05, 3.63) is 29.3 Å². The van der Waals surface area contributed by atoms with E-state index in [1.807, 2.05) is 0 Å². The van der Waals surface area contributed by atoms with Crippen LogP contribution < -0.4 is 10.6 Å². The first-order chi connectivity index (χ1) is 9.20. The van der Waals surface area contributed by atoms with Gasteiger partial charge in [-0.05, 0) is 36.0 Å². The van der Waals surface area contributed by atoms with Crippen molar-refractivity contribution >= 4 is 5.69 Å². The number of benzene rings is 1. The summed E-state index contributed by atoms with van der Waals surface area (Å²) in [5, 5.41) is 0. The predicted molar refractivity (Wildman–Crippen MR) is 80.5 cm³/mol. The average Bonchev–Trinajstić information content (AvgIpc) is 2.42.